The van der Waals surface area contributed by atoms with E-state index in [4.69, 9.17) is 0 Å². The molecule has 1 nitrogen and oxygen atoms in total. The number of hydrogen-bond donors (Lipinski definition) is 0. The van der Waals surface area contributed by atoms with Crippen LogP contribution in [0.5, 0.6) is 0 Å². The van der Waals surface area contributed by atoms with Crippen LogP contribution in [0.15, 0.2) is 103 Å². The van der Waals surface area contributed by atoms with Gasteiger partial charge in [-0.3, -0.25) is 0 Å². The third-order valence-electron chi connectivity index (χ3n) is 9.39. The largest absolute Gasteiger partial charge is 0.310 e. The monoisotopic (exact) mass is 611 g/mol. The van der Waals surface area contributed by atoms with Crippen LogP contribution in [0.4, 0.5) is 17.1 Å². The van der Waals surface area contributed by atoms with E-state index in [2.05, 4.69) is 161 Å². The van der Waals surface area contributed by atoms with Crippen molar-refractivity contribution >= 4 is 75.1 Å². The highest BCUT2D eigenvalue weighted by Gasteiger charge is 2.35. The second-order valence-electron chi connectivity index (χ2n) is 14.8. The standard InChI is InChI=1S/C39H41NSSi2/c1-39(2)35-12-10-9-11-31(35)32-20-15-28(24-36(32)39)40(26-13-17-29(18-14-26)42(3,4)5)27-16-21-37-33(23-27)34-25-30(43(6,7)8)19-22-38(34)41-37/h9-25H,1-8H3. The summed E-state index contributed by atoms with van der Waals surface area (Å²) in [6, 6.07) is 39.7. The van der Waals surface area contributed by atoms with E-state index in [9.17, 15) is 0 Å². The molecule has 1 aliphatic carbocycles. The van der Waals surface area contributed by atoms with E-state index < -0.39 is 16.1 Å². The number of hydrogen-bond acceptors (Lipinski definition) is 2. The van der Waals surface area contributed by atoms with E-state index in [-0.39, 0.29) is 5.41 Å². The zero-order valence-corrected chi connectivity index (χ0v) is 29.5. The Labute approximate surface area is 262 Å². The molecule has 43 heavy (non-hydrogen) atoms. The summed E-state index contributed by atoms with van der Waals surface area (Å²) < 4.78 is 2.73. The van der Waals surface area contributed by atoms with E-state index in [1.54, 1.807) is 0 Å². The summed E-state index contributed by atoms with van der Waals surface area (Å²) >= 11 is 1.91. The molecule has 0 amide bonds. The number of nitrogens with zero attached hydrogens (tertiary/aromatic N) is 1. The molecule has 0 aliphatic heterocycles. The molecule has 6 aromatic rings. The van der Waals surface area contributed by atoms with Crippen LogP contribution < -0.4 is 15.3 Å². The number of rotatable bonds is 5. The fraction of sp³-hybridized carbons (Fsp3) is 0.231. The normalized spacial score (nSPS) is 14.2. The third kappa shape index (κ3) is 4.71. The van der Waals surface area contributed by atoms with Gasteiger partial charge in [0, 0.05) is 42.6 Å². The van der Waals surface area contributed by atoms with Crippen LogP contribution in [-0.2, 0) is 5.41 Å². The van der Waals surface area contributed by atoms with E-state index in [0.29, 0.717) is 0 Å². The summed E-state index contributed by atoms with van der Waals surface area (Å²) in [4.78, 5) is 2.47. The fourth-order valence-corrected chi connectivity index (χ4v) is 10.2. The summed E-state index contributed by atoms with van der Waals surface area (Å²) in [6.45, 7) is 19.3. The Bertz CT molecular complexity index is 2020. The molecular weight excluding hydrogens is 571 g/mol. The molecule has 0 saturated heterocycles. The molecular formula is C39H41NSSi2. The van der Waals surface area contributed by atoms with Gasteiger partial charge >= 0.3 is 0 Å². The molecule has 0 fully saturated rings. The zero-order chi connectivity index (χ0) is 30.3. The molecule has 0 atom stereocenters. The van der Waals surface area contributed by atoms with Gasteiger partial charge in [0.25, 0.3) is 0 Å². The summed E-state index contributed by atoms with van der Waals surface area (Å²) in [5, 5.41) is 5.75. The number of thiophene rings is 1. The lowest BCUT2D eigenvalue weighted by Crippen LogP contribution is -2.37. The van der Waals surface area contributed by atoms with Gasteiger partial charge in [0.15, 0.2) is 0 Å². The van der Waals surface area contributed by atoms with E-state index >= 15 is 0 Å². The van der Waals surface area contributed by atoms with Crippen molar-refractivity contribution in [3.05, 3.63) is 114 Å². The Kier molecular flexibility index (Phi) is 6.45. The molecule has 0 spiro atoms. The summed E-state index contributed by atoms with van der Waals surface area (Å²) in [7, 11) is -2.84. The highest BCUT2D eigenvalue weighted by molar-refractivity contribution is 7.25. The van der Waals surface area contributed by atoms with Crippen molar-refractivity contribution in [1.29, 1.82) is 0 Å². The molecule has 0 N–H and O–H groups in total. The van der Waals surface area contributed by atoms with Crippen LogP contribution in [0.25, 0.3) is 31.3 Å². The van der Waals surface area contributed by atoms with Gasteiger partial charge in [-0.1, -0.05) is 118 Å². The molecule has 216 valence electrons. The summed E-state index contributed by atoms with van der Waals surface area (Å²) in [6.07, 6.45) is 0. The van der Waals surface area contributed by atoms with Gasteiger partial charge in [-0.2, -0.15) is 0 Å². The molecule has 1 aliphatic rings. The lowest BCUT2D eigenvalue weighted by Gasteiger charge is -2.29. The molecule has 0 unspecified atom stereocenters. The number of anilines is 3. The van der Waals surface area contributed by atoms with Gasteiger partial charge in [-0.05, 0) is 70.8 Å². The van der Waals surface area contributed by atoms with Crippen molar-refractivity contribution in [3.8, 4) is 11.1 Å². The second-order valence-corrected chi connectivity index (χ2v) is 26.0. The van der Waals surface area contributed by atoms with Gasteiger partial charge in [-0.15, -0.1) is 11.3 Å². The van der Waals surface area contributed by atoms with Gasteiger partial charge in [0.05, 0.1) is 16.1 Å². The van der Waals surface area contributed by atoms with Crippen molar-refractivity contribution < 1.29 is 0 Å². The highest BCUT2D eigenvalue weighted by Crippen LogP contribution is 2.50. The van der Waals surface area contributed by atoms with E-state index in [1.807, 2.05) is 11.3 Å². The number of benzene rings is 5. The minimum atomic E-state index is -1.43. The first-order chi connectivity index (χ1) is 20.3. The molecule has 5 aromatic carbocycles. The molecule has 1 heterocycles. The molecule has 0 bridgehead atoms. The minimum Gasteiger partial charge on any atom is -0.310 e. The Morgan fingerprint density at radius 1 is 0.512 bits per heavy atom. The van der Waals surface area contributed by atoms with E-state index in [0.717, 1.165) is 0 Å². The average molecular weight is 612 g/mol. The average Bonchev–Trinajstić information content (AvgIpc) is 3.44. The first kappa shape index (κ1) is 28.3. The van der Waals surface area contributed by atoms with Crippen LogP contribution in [0.2, 0.25) is 39.3 Å². The van der Waals surface area contributed by atoms with Crippen LogP contribution in [-0.4, -0.2) is 16.1 Å². The first-order valence-corrected chi connectivity index (χ1v) is 23.3. The van der Waals surface area contributed by atoms with Crippen LogP contribution >= 0.6 is 11.3 Å². The van der Waals surface area contributed by atoms with E-state index in [1.165, 1.54) is 69.9 Å². The van der Waals surface area contributed by atoms with Gasteiger partial charge in [0.2, 0.25) is 0 Å². The number of fused-ring (bicyclic) bond motifs is 6. The predicted molar refractivity (Wildman–Crippen MR) is 198 cm³/mol. The van der Waals surface area contributed by atoms with Crippen LogP contribution in [0, 0.1) is 0 Å². The van der Waals surface area contributed by atoms with Crippen molar-refractivity contribution in [3.63, 3.8) is 0 Å². The SMILES string of the molecule is CC1(C)c2ccccc2-c2ccc(N(c3ccc([Si](C)(C)C)cc3)c3ccc4sc5ccc([Si](C)(C)C)cc5c4c3)cc21. The van der Waals surface area contributed by atoms with Gasteiger partial charge < -0.3 is 4.90 Å². The van der Waals surface area contributed by atoms with Gasteiger partial charge in [0.1, 0.15) is 0 Å². The van der Waals surface area contributed by atoms with Crippen molar-refractivity contribution in [2.24, 2.45) is 0 Å². The van der Waals surface area contributed by atoms with Crippen LogP contribution in [0.1, 0.15) is 25.0 Å². The zero-order valence-electron chi connectivity index (χ0n) is 26.7. The third-order valence-corrected chi connectivity index (χ3v) is 14.7. The maximum Gasteiger partial charge on any atom is 0.0776 e. The Morgan fingerprint density at radius 3 is 1.74 bits per heavy atom. The predicted octanol–water partition coefficient (Wildman–Crippen LogP) is 10.9. The topological polar surface area (TPSA) is 3.24 Å². The fourth-order valence-electron chi connectivity index (χ4n) is 6.76. The molecule has 1 aromatic heterocycles. The molecule has 0 radical (unpaired) electrons. The van der Waals surface area contributed by atoms with Gasteiger partial charge in [-0.25, -0.2) is 0 Å². The molecule has 7 rings (SSSR count). The minimum absolute atomic E-state index is 0.0456. The molecule has 0 saturated carbocycles. The first-order valence-electron chi connectivity index (χ1n) is 15.4. The van der Waals surface area contributed by atoms with Crippen molar-refractivity contribution in [2.45, 2.75) is 58.5 Å². The quantitative estimate of drug-likeness (QED) is 0.175. The Balaban J connectivity index is 1.43. The maximum atomic E-state index is 2.48. The smallest absolute Gasteiger partial charge is 0.0776 e. The Hall–Kier alpha value is -3.45. The summed E-state index contributed by atoms with van der Waals surface area (Å²) in [5.41, 5.74) is 9.12. The highest BCUT2D eigenvalue weighted by atomic mass is 32.1. The van der Waals surface area contributed by atoms with Crippen LogP contribution in [0.3, 0.4) is 0 Å². The lowest BCUT2D eigenvalue weighted by atomic mass is 9.82. The second kappa shape index (κ2) is 9.78. The summed E-state index contributed by atoms with van der Waals surface area (Å²) in [5.74, 6) is 0. The van der Waals surface area contributed by atoms with Crippen molar-refractivity contribution in [2.75, 3.05) is 4.90 Å². The maximum absolute atomic E-state index is 2.48. The Morgan fingerprint density at radius 2 is 1.05 bits per heavy atom. The molecule has 4 heteroatoms. The lowest BCUT2D eigenvalue weighted by molar-refractivity contribution is 0.660. The van der Waals surface area contributed by atoms with Crippen molar-refractivity contribution in [1.82, 2.24) is 0 Å².